The Balaban J connectivity index is 1.39. The highest BCUT2D eigenvalue weighted by Crippen LogP contribution is 2.44. The van der Waals surface area contributed by atoms with Crippen molar-refractivity contribution in [2.45, 2.75) is 83.9 Å². The molecule has 0 radical (unpaired) electrons. The van der Waals surface area contributed by atoms with Gasteiger partial charge in [-0.05, 0) is 110 Å². The van der Waals surface area contributed by atoms with Gasteiger partial charge in [0.25, 0.3) is 0 Å². The van der Waals surface area contributed by atoms with Gasteiger partial charge in [0.05, 0.1) is 25.7 Å². The molecule has 1 N–H and O–H groups in total. The van der Waals surface area contributed by atoms with E-state index in [9.17, 15) is 9.59 Å². The second-order valence-corrected chi connectivity index (χ2v) is 12.9. The second kappa shape index (κ2) is 14.6. The summed E-state index contributed by atoms with van der Waals surface area (Å²) in [6, 6.07) is 20.0. The van der Waals surface area contributed by atoms with Gasteiger partial charge < -0.3 is 24.6 Å². The molecule has 2 amide bonds. The summed E-state index contributed by atoms with van der Waals surface area (Å²) >= 11 is 6.28. The van der Waals surface area contributed by atoms with Crippen molar-refractivity contribution in [1.29, 1.82) is 0 Å². The van der Waals surface area contributed by atoms with Crippen LogP contribution in [0.4, 0.5) is 11.4 Å². The molecule has 240 valence electrons. The molecule has 2 atom stereocenters. The summed E-state index contributed by atoms with van der Waals surface area (Å²) in [6.07, 6.45) is 5.97. The van der Waals surface area contributed by atoms with Crippen molar-refractivity contribution in [2.75, 3.05) is 30.5 Å². The summed E-state index contributed by atoms with van der Waals surface area (Å²) in [7, 11) is 3.76. The first-order chi connectivity index (χ1) is 21.7. The fraction of sp³-hybridized carbons (Fsp3) is 0.459. The third-order valence-corrected chi connectivity index (χ3v) is 9.56. The standard InChI is InChI=1S/C37H46ClN3O4/c1-6-24(3)45-34-22-32-27(20-33(34)44-5)21-36(43)41(37(32)26-10-12-28(38)13-11-26)31-18-16-30(17-19-31)40(4)23-25-8-14-29(15-9-25)39-35(42)7-2/h10-13,16-20,22,24-25,29,37H,6-9,14-15,21,23H2,1-5H3,(H,39,42)/t24?,25?,29?,37-/m1/s1. The largest absolute Gasteiger partial charge is 0.493 e. The molecule has 45 heavy (non-hydrogen) atoms. The van der Waals surface area contributed by atoms with Gasteiger partial charge in [-0.3, -0.25) is 9.59 Å². The van der Waals surface area contributed by atoms with Crippen molar-refractivity contribution in [3.63, 3.8) is 0 Å². The minimum atomic E-state index is -0.351. The van der Waals surface area contributed by atoms with Crippen LogP contribution in [0.5, 0.6) is 11.5 Å². The lowest BCUT2D eigenvalue weighted by Gasteiger charge is -2.38. The molecule has 1 aliphatic heterocycles. The average molecular weight is 632 g/mol. The molecule has 8 heteroatoms. The summed E-state index contributed by atoms with van der Waals surface area (Å²) in [5.74, 6) is 2.06. The molecule has 1 heterocycles. The smallest absolute Gasteiger partial charge is 0.232 e. The SMILES string of the molecule is CCC(=O)NC1CCC(CN(C)c2ccc(N3C(=O)Cc4cc(OC)c(OC(C)CC)cc4[C@H]3c3ccc(Cl)cc3)cc2)CC1. The molecule has 3 aromatic rings. The lowest BCUT2D eigenvalue weighted by molar-refractivity contribution is -0.121. The summed E-state index contributed by atoms with van der Waals surface area (Å²) in [6.45, 7) is 6.99. The topological polar surface area (TPSA) is 71.1 Å². The highest BCUT2D eigenvalue weighted by molar-refractivity contribution is 6.30. The number of amides is 2. The van der Waals surface area contributed by atoms with Crippen molar-refractivity contribution in [1.82, 2.24) is 5.32 Å². The van der Waals surface area contributed by atoms with Crippen LogP contribution in [0.1, 0.15) is 82.0 Å². The number of carbonyl (C=O) groups excluding carboxylic acids is 2. The van der Waals surface area contributed by atoms with Crippen LogP contribution >= 0.6 is 11.6 Å². The van der Waals surface area contributed by atoms with E-state index >= 15 is 0 Å². The fourth-order valence-electron chi connectivity index (χ4n) is 6.55. The molecule has 0 saturated heterocycles. The summed E-state index contributed by atoms with van der Waals surface area (Å²) in [5.41, 5.74) is 4.88. The normalized spacial score (nSPS) is 20.3. The monoisotopic (exact) mass is 631 g/mol. The molecular weight excluding hydrogens is 586 g/mol. The number of fused-ring (bicyclic) bond motifs is 1. The maximum atomic E-state index is 13.9. The number of hydrogen-bond donors (Lipinski definition) is 1. The minimum Gasteiger partial charge on any atom is -0.493 e. The number of rotatable bonds is 11. The zero-order chi connectivity index (χ0) is 32.1. The summed E-state index contributed by atoms with van der Waals surface area (Å²) < 4.78 is 12.0. The Hall–Kier alpha value is -3.71. The van der Waals surface area contributed by atoms with Gasteiger partial charge >= 0.3 is 0 Å². The molecule has 5 rings (SSSR count). The van der Waals surface area contributed by atoms with Crippen LogP contribution in [-0.2, 0) is 16.0 Å². The molecule has 3 aromatic carbocycles. The van der Waals surface area contributed by atoms with E-state index in [0.29, 0.717) is 34.9 Å². The van der Waals surface area contributed by atoms with Gasteiger partial charge in [0.1, 0.15) is 0 Å². The zero-order valence-electron chi connectivity index (χ0n) is 27.1. The van der Waals surface area contributed by atoms with Crippen molar-refractivity contribution in [3.05, 3.63) is 82.4 Å². The molecule has 1 unspecified atom stereocenters. The van der Waals surface area contributed by atoms with Crippen molar-refractivity contribution in [3.8, 4) is 11.5 Å². The van der Waals surface area contributed by atoms with Crippen LogP contribution in [0, 0.1) is 5.92 Å². The van der Waals surface area contributed by atoms with Gasteiger partial charge in [-0.1, -0.05) is 37.6 Å². The first-order valence-electron chi connectivity index (χ1n) is 16.3. The number of benzene rings is 3. The van der Waals surface area contributed by atoms with E-state index in [0.717, 1.165) is 66.7 Å². The predicted octanol–water partition coefficient (Wildman–Crippen LogP) is 7.73. The molecule has 0 bridgehead atoms. The molecule has 1 saturated carbocycles. The number of carbonyl (C=O) groups is 2. The van der Waals surface area contributed by atoms with Crippen molar-refractivity contribution >= 4 is 34.8 Å². The van der Waals surface area contributed by atoms with Crippen LogP contribution in [0.25, 0.3) is 0 Å². The number of hydrogen-bond acceptors (Lipinski definition) is 5. The van der Waals surface area contributed by atoms with Gasteiger partial charge in [0, 0.05) is 42.5 Å². The number of nitrogens with one attached hydrogen (secondary N) is 1. The van der Waals surface area contributed by atoms with Crippen molar-refractivity contribution < 1.29 is 19.1 Å². The Labute approximate surface area is 272 Å². The van der Waals surface area contributed by atoms with Crippen LogP contribution in [-0.4, -0.2) is 44.7 Å². The van der Waals surface area contributed by atoms with Gasteiger partial charge in [-0.15, -0.1) is 0 Å². The van der Waals surface area contributed by atoms with E-state index in [2.05, 4.69) is 48.5 Å². The Kier molecular flexibility index (Phi) is 10.6. The molecule has 1 aliphatic carbocycles. The molecule has 0 spiro atoms. The number of halogens is 1. The Morgan fingerprint density at radius 3 is 2.33 bits per heavy atom. The van der Waals surface area contributed by atoms with E-state index in [-0.39, 0.29) is 30.4 Å². The van der Waals surface area contributed by atoms with Gasteiger partial charge in [-0.2, -0.15) is 0 Å². The van der Waals surface area contributed by atoms with Gasteiger partial charge in [0.15, 0.2) is 11.5 Å². The van der Waals surface area contributed by atoms with E-state index in [1.165, 1.54) is 0 Å². The maximum absolute atomic E-state index is 13.9. The zero-order valence-corrected chi connectivity index (χ0v) is 27.9. The fourth-order valence-corrected chi connectivity index (χ4v) is 6.68. The number of ether oxygens (including phenoxy) is 2. The third kappa shape index (κ3) is 7.58. The molecule has 2 aliphatic rings. The molecule has 1 fully saturated rings. The van der Waals surface area contributed by atoms with E-state index < -0.39 is 0 Å². The maximum Gasteiger partial charge on any atom is 0.232 e. The summed E-state index contributed by atoms with van der Waals surface area (Å²) in [5, 5.41) is 3.80. The highest BCUT2D eigenvalue weighted by atomic mass is 35.5. The molecular formula is C37H46ClN3O4. The van der Waals surface area contributed by atoms with Crippen molar-refractivity contribution in [2.24, 2.45) is 5.92 Å². The first kappa shape index (κ1) is 32.7. The summed E-state index contributed by atoms with van der Waals surface area (Å²) in [4.78, 5) is 29.9. The quantitative estimate of drug-likeness (QED) is 0.235. The van der Waals surface area contributed by atoms with Gasteiger partial charge in [-0.25, -0.2) is 0 Å². The Morgan fingerprint density at radius 1 is 1.02 bits per heavy atom. The Morgan fingerprint density at radius 2 is 1.71 bits per heavy atom. The van der Waals surface area contributed by atoms with Gasteiger partial charge in [0.2, 0.25) is 11.8 Å². The lowest BCUT2D eigenvalue weighted by Crippen LogP contribution is -2.41. The first-order valence-corrected chi connectivity index (χ1v) is 16.6. The minimum absolute atomic E-state index is 0.0214. The van der Waals surface area contributed by atoms with E-state index in [4.69, 9.17) is 21.1 Å². The van der Waals surface area contributed by atoms with Crippen LogP contribution in [0.3, 0.4) is 0 Å². The predicted molar refractivity (Wildman–Crippen MR) is 182 cm³/mol. The number of anilines is 2. The number of methoxy groups -OCH3 is 1. The van der Waals surface area contributed by atoms with E-state index in [1.807, 2.05) is 55.1 Å². The van der Waals surface area contributed by atoms with Crippen LogP contribution in [0.2, 0.25) is 5.02 Å². The molecule has 7 nitrogen and oxygen atoms in total. The lowest BCUT2D eigenvalue weighted by atomic mass is 9.85. The van der Waals surface area contributed by atoms with Crippen LogP contribution < -0.4 is 24.6 Å². The Bertz CT molecular complexity index is 1470. The average Bonchev–Trinajstić information content (AvgIpc) is 3.05. The van der Waals surface area contributed by atoms with E-state index in [1.54, 1.807) is 7.11 Å². The molecule has 0 aromatic heterocycles. The number of nitrogens with zero attached hydrogens (tertiary/aromatic N) is 2. The highest BCUT2D eigenvalue weighted by Gasteiger charge is 2.36. The van der Waals surface area contributed by atoms with Crippen LogP contribution in [0.15, 0.2) is 60.7 Å². The third-order valence-electron chi connectivity index (χ3n) is 9.31. The second-order valence-electron chi connectivity index (χ2n) is 12.5.